The molecule has 23 heavy (non-hydrogen) atoms. The summed E-state index contributed by atoms with van der Waals surface area (Å²) < 4.78 is 0. The average Bonchev–Trinajstić information content (AvgIpc) is 3.16. The van der Waals surface area contributed by atoms with Gasteiger partial charge < -0.3 is 5.32 Å². The molecule has 5 heteroatoms. The summed E-state index contributed by atoms with van der Waals surface area (Å²) in [5.74, 6) is 0.269. The van der Waals surface area contributed by atoms with Crippen molar-refractivity contribution in [1.82, 2.24) is 4.98 Å². The second kappa shape index (κ2) is 6.64. The number of nitrogens with one attached hydrogen (secondary N) is 1. The number of benzene rings is 1. The molecule has 0 aliphatic heterocycles. The number of thiazole rings is 1. The van der Waals surface area contributed by atoms with Gasteiger partial charge >= 0.3 is 0 Å². The molecule has 0 fully saturated rings. The third kappa shape index (κ3) is 3.35. The van der Waals surface area contributed by atoms with Gasteiger partial charge in [-0.2, -0.15) is 11.3 Å². The highest BCUT2D eigenvalue weighted by molar-refractivity contribution is 7.17. The minimum Gasteiger partial charge on any atom is -0.321 e. The Morgan fingerprint density at radius 1 is 1.22 bits per heavy atom. The van der Waals surface area contributed by atoms with E-state index in [-0.39, 0.29) is 5.91 Å². The molecule has 0 atom stereocenters. The van der Waals surface area contributed by atoms with Crippen molar-refractivity contribution in [3.05, 3.63) is 57.2 Å². The van der Waals surface area contributed by atoms with Crippen LogP contribution < -0.4 is 5.32 Å². The predicted molar refractivity (Wildman–Crippen MR) is 98.6 cm³/mol. The minimum atomic E-state index is -0.0884. The van der Waals surface area contributed by atoms with Crippen LogP contribution in [0.4, 0.5) is 5.69 Å². The molecule has 1 aromatic carbocycles. The maximum atomic E-state index is 12.7. The van der Waals surface area contributed by atoms with Crippen LogP contribution in [0.2, 0.25) is 0 Å². The first kappa shape index (κ1) is 15.9. The summed E-state index contributed by atoms with van der Waals surface area (Å²) >= 11 is 3.07. The second-order valence-corrected chi connectivity index (χ2v) is 7.42. The summed E-state index contributed by atoms with van der Waals surface area (Å²) in [7, 11) is 0. The zero-order valence-corrected chi connectivity index (χ0v) is 14.9. The number of rotatable bonds is 4. The van der Waals surface area contributed by atoms with Gasteiger partial charge in [-0.3, -0.25) is 4.79 Å². The lowest BCUT2D eigenvalue weighted by molar-refractivity contribution is 0.102. The van der Waals surface area contributed by atoms with Crippen molar-refractivity contribution in [3.8, 4) is 10.6 Å². The lowest BCUT2D eigenvalue weighted by Gasteiger charge is -2.13. The van der Waals surface area contributed by atoms with Crippen molar-refractivity contribution in [2.75, 3.05) is 5.32 Å². The number of thiophene rings is 1. The van der Waals surface area contributed by atoms with Gasteiger partial charge in [0.05, 0.1) is 5.69 Å². The molecule has 3 aromatic rings. The highest BCUT2D eigenvalue weighted by Crippen LogP contribution is 2.30. The number of hydrogen-bond acceptors (Lipinski definition) is 4. The fourth-order valence-corrected chi connectivity index (χ4v) is 4.08. The summed E-state index contributed by atoms with van der Waals surface area (Å²) in [5.41, 5.74) is 3.86. The fraction of sp³-hybridized carbons (Fsp3) is 0.222. The van der Waals surface area contributed by atoms with Gasteiger partial charge in [0.15, 0.2) is 0 Å². The second-order valence-electron chi connectivity index (χ2n) is 5.64. The number of amides is 1. The Balaban J connectivity index is 1.87. The third-order valence-corrected chi connectivity index (χ3v) is 5.49. The standard InChI is InChI=1S/C18H18N2OS2/c1-11(2)14-6-4-5-7-15(14)20-17(21)16-12(3)19-18(23-16)13-8-9-22-10-13/h4-11H,1-3H3,(H,20,21). The predicted octanol–water partition coefficient (Wildman–Crippen LogP) is 5.56. The van der Waals surface area contributed by atoms with Gasteiger partial charge in [-0.25, -0.2) is 4.98 Å². The zero-order chi connectivity index (χ0) is 16.4. The van der Waals surface area contributed by atoms with E-state index in [1.54, 1.807) is 11.3 Å². The Morgan fingerprint density at radius 2 is 2.00 bits per heavy atom. The summed E-state index contributed by atoms with van der Waals surface area (Å²) in [4.78, 5) is 17.9. The fourth-order valence-electron chi connectivity index (χ4n) is 2.41. The van der Waals surface area contributed by atoms with Crippen LogP contribution in [0, 0.1) is 6.92 Å². The molecule has 0 aliphatic rings. The molecule has 3 rings (SSSR count). The molecule has 3 nitrogen and oxygen atoms in total. The molecule has 2 heterocycles. The SMILES string of the molecule is Cc1nc(-c2ccsc2)sc1C(=O)Nc1ccccc1C(C)C. The molecule has 0 saturated carbocycles. The molecule has 0 unspecified atom stereocenters. The first-order valence-corrected chi connectivity index (χ1v) is 9.22. The molecular weight excluding hydrogens is 324 g/mol. The Morgan fingerprint density at radius 3 is 2.70 bits per heavy atom. The van der Waals surface area contributed by atoms with E-state index in [0.717, 1.165) is 27.5 Å². The van der Waals surface area contributed by atoms with Crippen LogP contribution >= 0.6 is 22.7 Å². The molecule has 2 aromatic heterocycles. The molecule has 1 amide bonds. The number of aromatic nitrogens is 1. The van der Waals surface area contributed by atoms with Crippen LogP contribution in [0.15, 0.2) is 41.1 Å². The van der Waals surface area contributed by atoms with Crippen LogP contribution in [0.3, 0.4) is 0 Å². The van der Waals surface area contributed by atoms with E-state index in [0.29, 0.717) is 10.8 Å². The highest BCUT2D eigenvalue weighted by Gasteiger charge is 2.18. The number of carbonyl (C=O) groups excluding carboxylic acids is 1. The maximum absolute atomic E-state index is 12.7. The van der Waals surface area contributed by atoms with Gasteiger partial charge in [0.1, 0.15) is 9.88 Å². The van der Waals surface area contributed by atoms with Crippen molar-refractivity contribution in [3.63, 3.8) is 0 Å². The molecular formula is C18H18N2OS2. The lowest BCUT2D eigenvalue weighted by atomic mass is 10.0. The van der Waals surface area contributed by atoms with E-state index >= 15 is 0 Å². The number of anilines is 1. The summed E-state index contributed by atoms with van der Waals surface area (Å²) in [6.07, 6.45) is 0. The van der Waals surface area contributed by atoms with Crippen molar-refractivity contribution in [2.45, 2.75) is 26.7 Å². The number of aryl methyl sites for hydroxylation is 1. The third-order valence-electron chi connectivity index (χ3n) is 3.60. The van der Waals surface area contributed by atoms with Crippen LogP contribution in [-0.2, 0) is 0 Å². The summed E-state index contributed by atoms with van der Waals surface area (Å²) in [6, 6.07) is 9.97. The van der Waals surface area contributed by atoms with Crippen LogP contribution in [0.25, 0.3) is 10.6 Å². The normalized spacial score (nSPS) is 11.0. The molecule has 0 radical (unpaired) electrons. The number of hydrogen-bond donors (Lipinski definition) is 1. The Bertz CT molecular complexity index is 819. The number of nitrogens with zero attached hydrogens (tertiary/aromatic N) is 1. The summed E-state index contributed by atoms with van der Waals surface area (Å²) in [6.45, 7) is 6.13. The van der Waals surface area contributed by atoms with Crippen LogP contribution in [0.5, 0.6) is 0 Å². The average molecular weight is 342 g/mol. The topological polar surface area (TPSA) is 42.0 Å². The molecule has 1 N–H and O–H groups in total. The molecule has 0 saturated heterocycles. The van der Waals surface area contributed by atoms with E-state index in [2.05, 4.69) is 30.2 Å². The van der Waals surface area contributed by atoms with E-state index < -0.39 is 0 Å². The van der Waals surface area contributed by atoms with Crippen molar-refractivity contribution in [1.29, 1.82) is 0 Å². The van der Waals surface area contributed by atoms with Gasteiger partial charge in [-0.15, -0.1) is 11.3 Å². The molecule has 0 bridgehead atoms. The lowest BCUT2D eigenvalue weighted by Crippen LogP contribution is -2.13. The van der Waals surface area contributed by atoms with E-state index in [4.69, 9.17) is 0 Å². The highest BCUT2D eigenvalue weighted by atomic mass is 32.1. The van der Waals surface area contributed by atoms with Crippen LogP contribution in [-0.4, -0.2) is 10.9 Å². The number of carbonyl (C=O) groups is 1. The monoisotopic (exact) mass is 342 g/mol. The summed E-state index contributed by atoms with van der Waals surface area (Å²) in [5, 5.41) is 8.00. The van der Waals surface area contributed by atoms with Crippen molar-refractivity contribution < 1.29 is 4.79 Å². The quantitative estimate of drug-likeness (QED) is 0.675. The van der Waals surface area contributed by atoms with Crippen molar-refractivity contribution >= 4 is 34.3 Å². The Kier molecular flexibility index (Phi) is 4.59. The first-order chi connectivity index (χ1) is 11.1. The van der Waals surface area contributed by atoms with Crippen molar-refractivity contribution in [2.24, 2.45) is 0 Å². The smallest absolute Gasteiger partial charge is 0.267 e. The Labute approximate surface area is 144 Å². The van der Waals surface area contributed by atoms with E-state index in [1.807, 2.05) is 41.9 Å². The molecule has 0 spiro atoms. The minimum absolute atomic E-state index is 0.0884. The largest absolute Gasteiger partial charge is 0.321 e. The molecule has 118 valence electrons. The maximum Gasteiger partial charge on any atom is 0.267 e. The van der Waals surface area contributed by atoms with Gasteiger partial charge in [0, 0.05) is 16.6 Å². The number of para-hydroxylation sites is 1. The molecule has 0 aliphatic carbocycles. The van der Waals surface area contributed by atoms with Gasteiger partial charge in [-0.05, 0) is 35.9 Å². The van der Waals surface area contributed by atoms with Gasteiger partial charge in [0.25, 0.3) is 5.91 Å². The zero-order valence-electron chi connectivity index (χ0n) is 13.3. The van der Waals surface area contributed by atoms with Gasteiger partial charge in [-0.1, -0.05) is 32.0 Å². The Hall–Kier alpha value is -1.98. The van der Waals surface area contributed by atoms with E-state index in [1.165, 1.54) is 11.3 Å². The van der Waals surface area contributed by atoms with Gasteiger partial charge in [0.2, 0.25) is 0 Å². The first-order valence-electron chi connectivity index (χ1n) is 7.46. The van der Waals surface area contributed by atoms with E-state index in [9.17, 15) is 4.79 Å². The van der Waals surface area contributed by atoms with Crippen LogP contribution in [0.1, 0.15) is 40.7 Å².